The first-order chi connectivity index (χ1) is 17.6. The van der Waals surface area contributed by atoms with E-state index in [9.17, 15) is 4.79 Å². The lowest BCUT2D eigenvalue weighted by Gasteiger charge is -2.26. The van der Waals surface area contributed by atoms with Crippen molar-refractivity contribution in [3.05, 3.63) is 82.5 Å². The van der Waals surface area contributed by atoms with E-state index in [1.54, 1.807) is 18.3 Å². The van der Waals surface area contributed by atoms with Gasteiger partial charge < -0.3 is 15.4 Å². The molecule has 1 aromatic heterocycles. The Morgan fingerprint density at radius 1 is 1.00 bits per heavy atom. The van der Waals surface area contributed by atoms with Crippen LogP contribution in [0.2, 0.25) is 10.0 Å². The van der Waals surface area contributed by atoms with Crippen LogP contribution in [0, 0.1) is 0 Å². The Bertz CT molecular complexity index is 1350. The minimum Gasteiger partial charge on any atom is -0.379 e. The van der Waals surface area contributed by atoms with Gasteiger partial charge in [-0.2, -0.15) is 5.10 Å². The average molecular weight is 524 g/mol. The molecule has 0 atom stereocenters. The molecule has 0 bridgehead atoms. The molecule has 3 aromatic carbocycles. The van der Waals surface area contributed by atoms with Crippen molar-refractivity contribution in [2.75, 3.05) is 44.7 Å². The van der Waals surface area contributed by atoms with Crippen molar-refractivity contribution in [2.24, 2.45) is 0 Å². The number of para-hydroxylation sites is 1. The Hall–Kier alpha value is -3.10. The summed E-state index contributed by atoms with van der Waals surface area (Å²) in [5.74, 6) is -0.0848. The van der Waals surface area contributed by atoms with E-state index in [4.69, 9.17) is 27.9 Å². The first-order valence-electron chi connectivity index (χ1n) is 12.0. The van der Waals surface area contributed by atoms with E-state index in [0.29, 0.717) is 27.8 Å². The summed E-state index contributed by atoms with van der Waals surface area (Å²) in [4.78, 5) is 15.1. The summed E-state index contributed by atoms with van der Waals surface area (Å²) in [6.07, 6.45) is 2.71. The van der Waals surface area contributed by atoms with Gasteiger partial charge in [0.2, 0.25) is 0 Å². The highest BCUT2D eigenvalue weighted by atomic mass is 35.5. The quantitative estimate of drug-likeness (QED) is 0.297. The molecular weight excluding hydrogens is 497 g/mol. The minimum atomic E-state index is -0.0848. The fraction of sp³-hybridized carbons (Fsp3) is 0.259. The molecule has 1 saturated heterocycles. The second-order valence-electron chi connectivity index (χ2n) is 8.67. The molecule has 0 unspecified atom stereocenters. The number of nitrogens with zero attached hydrogens (tertiary/aromatic N) is 3. The molecule has 2 N–H and O–H groups in total. The highest BCUT2D eigenvalue weighted by Gasteiger charge is 2.13. The lowest BCUT2D eigenvalue weighted by molar-refractivity contribution is 0.0374. The van der Waals surface area contributed by atoms with Crippen molar-refractivity contribution >= 4 is 51.4 Å². The molecule has 36 heavy (non-hydrogen) atoms. The first kappa shape index (κ1) is 24.6. The number of halogens is 2. The second kappa shape index (κ2) is 11.3. The number of fused-ring (bicyclic) bond motifs is 1. The topological polar surface area (TPSA) is 71.4 Å². The minimum absolute atomic E-state index is 0.0848. The van der Waals surface area contributed by atoms with Crippen LogP contribution in [-0.4, -0.2) is 60.0 Å². The monoisotopic (exact) mass is 523 g/mol. The summed E-state index contributed by atoms with van der Waals surface area (Å²) >= 11 is 12.6. The maximum absolute atomic E-state index is 12.8. The van der Waals surface area contributed by atoms with Gasteiger partial charge in [-0.05, 0) is 61.5 Å². The van der Waals surface area contributed by atoms with Gasteiger partial charge in [0.05, 0.1) is 46.3 Å². The Kier molecular flexibility index (Phi) is 7.72. The Morgan fingerprint density at radius 3 is 2.58 bits per heavy atom. The number of morpholine rings is 1. The number of hydrogen-bond acceptors (Lipinski definition) is 5. The maximum Gasteiger partial charge on any atom is 0.251 e. The third-order valence-electron chi connectivity index (χ3n) is 6.19. The van der Waals surface area contributed by atoms with E-state index >= 15 is 0 Å². The molecule has 186 valence electrons. The fourth-order valence-electron chi connectivity index (χ4n) is 4.29. The fourth-order valence-corrected chi connectivity index (χ4v) is 4.78. The Morgan fingerprint density at radius 2 is 1.78 bits per heavy atom. The van der Waals surface area contributed by atoms with Gasteiger partial charge in [-0.15, -0.1) is 0 Å². The largest absolute Gasteiger partial charge is 0.379 e. The molecule has 4 aromatic rings. The predicted octanol–water partition coefficient (Wildman–Crippen LogP) is 5.53. The number of anilines is 2. The van der Waals surface area contributed by atoms with Crippen LogP contribution in [0.4, 0.5) is 11.4 Å². The van der Waals surface area contributed by atoms with Gasteiger partial charge >= 0.3 is 0 Å². The summed E-state index contributed by atoms with van der Waals surface area (Å²) in [6.45, 7) is 5.08. The van der Waals surface area contributed by atoms with E-state index < -0.39 is 0 Å². The van der Waals surface area contributed by atoms with Crippen LogP contribution < -0.4 is 10.6 Å². The number of benzene rings is 3. The average Bonchev–Trinajstić information content (AvgIpc) is 3.33. The lowest BCUT2D eigenvalue weighted by atomic mass is 10.1. The van der Waals surface area contributed by atoms with E-state index in [0.717, 1.165) is 61.5 Å². The maximum atomic E-state index is 12.8. The van der Waals surface area contributed by atoms with Crippen LogP contribution in [0.1, 0.15) is 16.8 Å². The molecule has 0 spiro atoms. The molecule has 7 nitrogen and oxygen atoms in total. The number of aromatic nitrogens is 2. The van der Waals surface area contributed by atoms with E-state index in [2.05, 4.69) is 20.6 Å². The van der Waals surface area contributed by atoms with Gasteiger partial charge in [0.15, 0.2) is 0 Å². The number of ether oxygens (including phenoxy) is 1. The zero-order chi connectivity index (χ0) is 24.9. The van der Waals surface area contributed by atoms with Crippen molar-refractivity contribution in [3.8, 4) is 5.69 Å². The Labute approximate surface area is 219 Å². The zero-order valence-corrected chi connectivity index (χ0v) is 21.2. The van der Waals surface area contributed by atoms with Crippen LogP contribution in [0.5, 0.6) is 0 Å². The molecule has 1 fully saturated rings. The van der Waals surface area contributed by atoms with Gasteiger partial charge in [-0.1, -0.05) is 35.3 Å². The van der Waals surface area contributed by atoms with Gasteiger partial charge in [-0.3, -0.25) is 9.69 Å². The highest BCUT2D eigenvalue weighted by molar-refractivity contribution is 6.39. The van der Waals surface area contributed by atoms with Crippen molar-refractivity contribution in [2.45, 2.75) is 6.42 Å². The summed E-state index contributed by atoms with van der Waals surface area (Å²) in [5.41, 5.74) is 3.86. The van der Waals surface area contributed by atoms with Crippen LogP contribution in [0.15, 0.2) is 66.9 Å². The van der Waals surface area contributed by atoms with Crippen LogP contribution in [-0.2, 0) is 4.74 Å². The third-order valence-corrected chi connectivity index (χ3v) is 6.82. The second-order valence-corrected chi connectivity index (χ2v) is 9.48. The molecule has 0 aliphatic carbocycles. The van der Waals surface area contributed by atoms with Crippen LogP contribution in [0.25, 0.3) is 16.6 Å². The van der Waals surface area contributed by atoms with E-state index in [-0.39, 0.29) is 5.91 Å². The number of nitrogens with one attached hydrogen (secondary N) is 2. The van der Waals surface area contributed by atoms with Gasteiger partial charge in [0, 0.05) is 36.3 Å². The summed E-state index contributed by atoms with van der Waals surface area (Å²) < 4.78 is 7.21. The standard InChI is InChI=1S/C27H27Cl2N5O2/c28-23-6-2-7-24(29)26(23)32-21-8-9-25-20(16-21)18-31-34(25)22-5-1-4-19(17-22)27(35)30-10-3-11-33-12-14-36-15-13-33/h1-2,4-9,16-18,32H,3,10-15H2,(H,30,35). The molecule has 1 amide bonds. The first-order valence-corrected chi connectivity index (χ1v) is 12.7. The van der Waals surface area contributed by atoms with Gasteiger partial charge in [0.25, 0.3) is 5.91 Å². The normalized spacial score (nSPS) is 14.2. The molecule has 5 rings (SSSR count). The number of rotatable bonds is 8. The summed E-state index contributed by atoms with van der Waals surface area (Å²) in [6, 6.07) is 18.8. The summed E-state index contributed by atoms with van der Waals surface area (Å²) in [5, 5.41) is 12.9. The summed E-state index contributed by atoms with van der Waals surface area (Å²) in [7, 11) is 0. The molecule has 9 heteroatoms. The predicted molar refractivity (Wildman–Crippen MR) is 145 cm³/mol. The van der Waals surface area contributed by atoms with E-state index in [1.807, 2.05) is 53.2 Å². The molecule has 0 radical (unpaired) electrons. The molecule has 1 aliphatic rings. The number of hydrogen-bond donors (Lipinski definition) is 2. The number of carbonyl (C=O) groups is 1. The van der Waals surface area contributed by atoms with Crippen molar-refractivity contribution < 1.29 is 9.53 Å². The highest BCUT2D eigenvalue weighted by Crippen LogP contribution is 2.33. The Balaban J connectivity index is 1.26. The molecular formula is C27H27Cl2N5O2. The van der Waals surface area contributed by atoms with Crippen LogP contribution in [0.3, 0.4) is 0 Å². The van der Waals surface area contributed by atoms with E-state index in [1.165, 1.54) is 0 Å². The number of carbonyl (C=O) groups excluding carboxylic acids is 1. The SMILES string of the molecule is O=C(NCCCN1CCOCC1)c1cccc(-n2ncc3cc(Nc4c(Cl)cccc4Cl)ccc32)c1. The molecule has 0 saturated carbocycles. The van der Waals surface area contributed by atoms with Gasteiger partial charge in [0.1, 0.15) is 0 Å². The smallest absolute Gasteiger partial charge is 0.251 e. The molecule has 2 heterocycles. The van der Waals surface area contributed by atoms with Crippen LogP contribution >= 0.6 is 23.2 Å². The zero-order valence-electron chi connectivity index (χ0n) is 19.7. The number of amides is 1. The van der Waals surface area contributed by atoms with Crippen molar-refractivity contribution in [3.63, 3.8) is 0 Å². The third kappa shape index (κ3) is 5.65. The molecule has 1 aliphatic heterocycles. The van der Waals surface area contributed by atoms with Crippen molar-refractivity contribution in [1.82, 2.24) is 20.0 Å². The lowest BCUT2D eigenvalue weighted by Crippen LogP contribution is -2.38. The van der Waals surface area contributed by atoms with Crippen molar-refractivity contribution in [1.29, 1.82) is 0 Å². The van der Waals surface area contributed by atoms with Gasteiger partial charge in [-0.25, -0.2) is 4.68 Å².